The maximum absolute atomic E-state index is 12.0. The minimum absolute atomic E-state index is 0.0124. The van der Waals surface area contributed by atoms with Crippen molar-refractivity contribution >= 4 is 5.91 Å². The van der Waals surface area contributed by atoms with Crippen molar-refractivity contribution in [3.8, 4) is 17.5 Å². The summed E-state index contributed by atoms with van der Waals surface area (Å²) in [5.74, 6) is 1.34. The largest absolute Gasteiger partial charge is 0.482 e. The monoisotopic (exact) mass is 358 g/mol. The number of ether oxygens (including phenoxy) is 3. The van der Waals surface area contributed by atoms with E-state index in [9.17, 15) is 4.79 Å². The lowest BCUT2D eigenvalue weighted by molar-refractivity contribution is -0.124. The Morgan fingerprint density at radius 2 is 1.96 bits per heavy atom. The summed E-state index contributed by atoms with van der Waals surface area (Å²) in [5.41, 5.74) is 0. The first-order valence-corrected chi connectivity index (χ1v) is 8.58. The Hall–Kier alpha value is -2.90. The molecule has 0 saturated heterocycles. The molecule has 3 rings (SSSR count). The quantitative estimate of drug-likeness (QED) is 0.806. The Kier molecular flexibility index (Phi) is 6.19. The average Bonchev–Trinajstić information content (AvgIpc) is 2.69. The number of pyridine rings is 1. The molecule has 2 aromatic heterocycles. The van der Waals surface area contributed by atoms with E-state index in [0.29, 0.717) is 17.5 Å². The van der Waals surface area contributed by atoms with Crippen molar-refractivity contribution in [1.29, 1.82) is 0 Å². The lowest BCUT2D eigenvalue weighted by Gasteiger charge is -2.29. The van der Waals surface area contributed by atoms with Crippen LogP contribution in [0.3, 0.4) is 0 Å². The van der Waals surface area contributed by atoms with E-state index >= 15 is 0 Å². The SMILES string of the molecule is COc1cncc(OC2CCC(NC(=O)COc3cccnc3)CC2)n1. The van der Waals surface area contributed by atoms with Crippen LogP contribution in [0.15, 0.2) is 36.9 Å². The molecule has 0 bridgehead atoms. The highest BCUT2D eigenvalue weighted by Crippen LogP contribution is 2.23. The molecule has 1 saturated carbocycles. The molecule has 1 amide bonds. The van der Waals surface area contributed by atoms with Gasteiger partial charge in [0.25, 0.3) is 5.91 Å². The first-order valence-electron chi connectivity index (χ1n) is 8.58. The van der Waals surface area contributed by atoms with Crippen molar-refractivity contribution in [2.75, 3.05) is 13.7 Å². The van der Waals surface area contributed by atoms with Gasteiger partial charge in [0.1, 0.15) is 11.9 Å². The topological polar surface area (TPSA) is 95.5 Å². The van der Waals surface area contributed by atoms with E-state index in [1.165, 1.54) is 6.20 Å². The highest BCUT2D eigenvalue weighted by molar-refractivity contribution is 5.77. The minimum Gasteiger partial charge on any atom is -0.482 e. The van der Waals surface area contributed by atoms with Gasteiger partial charge in [0.2, 0.25) is 11.8 Å². The van der Waals surface area contributed by atoms with Crippen LogP contribution >= 0.6 is 0 Å². The fourth-order valence-electron chi connectivity index (χ4n) is 2.83. The summed E-state index contributed by atoms with van der Waals surface area (Å²) in [6.45, 7) is -0.0124. The predicted molar refractivity (Wildman–Crippen MR) is 93.1 cm³/mol. The van der Waals surface area contributed by atoms with Crippen LogP contribution < -0.4 is 19.5 Å². The van der Waals surface area contributed by atoms with Gasteiger partial charge in [0.05, 0.1) is 25.7 Å². The van der Waals surface area contributed by atoms with Gasteiger partial charge >= 0.3 is 0 Å². The molecule has 0 unspecified atom stereocenters. The van der Waals surface area contributed by atoms with Crippen molar-refractivity contribution < 1.29 is 19.0 Å². The number of nitrogens with one attached hydrogen (secondary N) is 1. The third kappa shape index (κ3) is 5.30. The van der Waals surface area contributed by atoms with Gasteiger partial charge in [-0.2, -0.15) is 4.98 Å². The van der Waals surface area contributed by atoms with Crippen LogP contribution in [0.4, 0.5) is 0 Å². The summed E-state index contributed by atoms with van der Waals surface area (Å²) in [6.07, 6.45) is 9.79. The molecule has 0 spiro atoms. The zero-order chi connectivity index (χ0) is 18.2. The number of aromatic nitrogens is 3. The zero-order valence-corrected chi connectivity index (χ0v) is 14.6. The fourth-order valence-corrected chi connectivity index (χ4v) is 2.83. The molecule has 0 aromatic carbocycles. The van der Waals surface area contributed by atoms with Gasteiger partial charge in [-0.25, -0.2) is 0 Å². The van der Waals surface area contributed by atoms with E-state index in [4.69, 9.17) is 14.2 Å². The molecular weight excluding hydrogens is 336 g/mol. The van der Waals surface area contributed by atoms with E-state index in [1.807, 2.05) is 0 Å². The first-order chi connectivity index (χ1) is 12.7. The number of carbonyl (C=O) groups is 1. The summed E-state index contributed by atoms with van der Waals surface area (Å²) < 4.78 is 16.3. The Labute approximate surface area is 151 Å². The van der Waals surface area contributed by atoms with Gasteiger partial charge in [-0.3, -0.25) is 14.8 Å². The molecule has 2 aromatic rings. The Bertz CT molecular complexity index is 705. The molecule has 1 aliphatic carbocycles. The van der Waals surface area contributed by atoms with E-state index in [0.717, 1.165) is 25.7 Å². The number of rotatable bonds is 7. The van der Waals surface area contributed by atoms with E-state index in [-0.39, 0.29) is 24.7 Å². The summed E-state index contributed by atoms with van der Waals surface area (Å²) in [5, 5.41) is 3.00. The predicted octanol–water partition coefficient (Wildman–Crippen LogP) is 1.77. The molecule has 2 heterocycles. The number of hydrogen-bond acceptors (Lipinski definition) is 7. The minimum atomic E-state index is -0.128. The molecule has 138 valence electrons. The molecule has 0 aliphatic heterocycles. The number of hydrogen-bond donors (Lipinski definition) is 1. The third-order valence-corrected chi connectivity index (χ3v) is 4.13. The Balaban J connectivity index is 1.38. The van der Waals surface area contributed by atoms with Crippen molar-refractivity contribution in [2.45, 2.75) is 37.8 Å². The van der Waals surface area contributed by atoms with Gasteiger partial charge in [-0.05, 0) is 37.8 Å². The van der Waals surface area contributed by atoms with Crippen LogP contribution in [0.5, 0.6) is 17.5 Å². The molecule has 1 N–H and O–H groups in total. The van der Waals surface area contributed by atoms with E-state index < -0.39 is 0 Å². The fraction of sp³-hybridized carbons (Fsp3) is 0.444. The van der Waals surface area contributed by atoms with E-state index in [1.54, 1.807) is 37.8 Å². The Morgan fingerprint density at radius 1 is 1.15 bits per heavy atom. The van der Waals surface area contributed by atoms with Crippen LogP contribution in [0.1, 0.15) is 25.7 Å². The maximum atomic E-state index is 12.0. The second-order valence-electron chi connectivity index (χ2n) is 6.04. The van der Waals surface area contributed by atoms with Crippen LogP contribution in [0.25, 0.3) is 0 Å². The molecule has 8 nitrogen and oxygen atoms in total. The molecule has 0 atom stereocenters. The van der Waals surface area contributed by atoms with Crippen LogP contribution in [0.2, 0.25) is 0 Å². The highest BCUT2D eigenvalue weighted by atomic mass is 16.5. The number of carbonyl (C=O) groups excluding carboxylic acids is 1. The van der Waals surface area contributed by atoms with Gasteiger partial charge < -0.3 is 19.5 Å². The molecule has 1 aliphatic rings. The van der Waals surface area contributed by atoms with Crippen molar-refractivity contribution in [1.82, 2.24) is 20.3 Å². The first kappa shape index (κ1) is 17.9. The molecular formula is C18H22N4O4. The van der Waals surface area contributed by atoms with Gasteiger partial charge in [-0.15, -0.1) is 0 Å². The Morgan fingerprint density at radius 3 is 2.69 bits per heavy atom. The van der Waals surface area contributed by atoms with Crippen molar-refractivity contribution in [3.05, 3.63) is 36.9 Å². The summed E-state index contributed by atoms with van der Waals surface area (Å²) in [7, 11) is 1.54. The van der Waals surface area contributed by atoms with Gasteiger partial charge in [-0.1, -0.05) is 0 Å². The summed E-state index contributed by atoms with van der Waals surface area (Å²) in [6, 6.07) is 3.67. The smallest absolute Gasteiger partial charge is 0.258 e. The molecule has 0 radical (unpaired) electrons. The summed E-state index contributed by atoms with van der Waals surface area (Å²) >= 11 is 0. The molecule has 8 heteroatoms. The second kappa shape index (κ2) is 8.98. The average molecular weight is 358 g/mol. The van der Waals surface area contributed by atoms with Gasteiger partial charge in [0, 0.05) is 12.2 Å². The second-order valence-corrected chi connectivity index (χ2v) is 6.04. The number of amides is 1. The van der Waals surface area contributed by atoms with Crippen LogP contribution in [-0.2, 0) is 4.79 Å². The normalized spacial score (nSPS) is 19.4. The standard InChI is InChI=1S/C18H22N4O4/c1-24-17-10-20-11-18(22-17)26-14-6-4-13(5-7-14)21-16(23)12-25-15-3-2-8-19-9-15/h2-3,8-11,13-14H,4-7,12H2,1H3,(H,21,23). The van der Waals surface area contributed by atoms with Crippen LogP contribution in [0, 0.1) is 0 Å². The zero-order valence-electron chi connectivity index (χ0n) is 14.6. The molecule has 26 heavy (non-hydrogen) atoms. The lowest BCUT2D eigenvalue weighted by Crippen LogP contribution is -2.41. The highest BCUT2D eigenvalue weighted by Gasteiger charge is 2.24. The van der Waals surface area contributed by atoms with E-state index in [2.05, 4.69) is 20.3 Å². The van der Waals surface area contributed by atoms with Crippen molar-refractivity contribution in [2.24, 2.45) is 0 Å². The molecule has 1 fully saturated rings. The maximum Gasteiger partial charge on any atom is 0.258 e. The lowest BCUT2D eigenvalue weighted by atomic mass is 9.93. The third-order valence-electron chi connectivity index (χ3n) is 4.13. The van der Waals surface area contributed by atoms with Crippen LogP contribution in [-0.4, -0.2) is 46.7 Å². The summed E-state index contributed by atoms with van der Waals surface area (Å²) in [4.78, 5) is 24.2. The number of nitrogens with zero attached hydrogens (tertiary/aromatic N) is 3. The number of methoxy groups -OCH3 is 1. The van der Waals surface area contributed by atoms with Crippen molar-refractivity contribution in [3.63, 3.8) is 0 Å². The van der Waals surface area contributed by atoms with Gasteiger partial charge in [0.15, 0.2) is 6.61 Å².